The summed E-state index contributed by atoms with van der Waals surface area (Å²) >= 11 is 3.52. The molecular weight excluding hydrogens is 304 g/mol. The summed E-state index contributed by atoms with van der Waals surface area (Å²) in [6.07, 6.45) is 6.63. The Morgan fingerprint density at radius 1 is 1.21 bits per heavy atom. The molecule has 1 aromatic rings. The van der Waals surface area contributed by atoms with E-state index in [0.29, 0.717) is 6.10 Å². The molecule has 0 amide bonds. The van der Waals surface area contributed by atoms with Crippen molar-refractivity contribution in [2.75, 3.05) is 7.11 Å². The van der Waals surface area contributed by atoms with E-state index in [1.807, 2.05) is 12.1 Å². The van der Waals surface area contributed by atoms with Crippen molar-refractivity contribution in [3.63, 3.8) is 0 Å². The van der Waals surface area contributed by atoms with Gasteiger partial charge < -0.3 is 9.47 Å². The van der Waals surface area contributed by atoms with Gasteiger partial charge in [0.05, 0.1) is 13.2 Å². The Hall–Kier alpha value is -0.700. The second kappa shape index (κ2) is 7.18. The van der Waals surface area contributed by atoms with Crippen molar-refractivity contribution < 1.29 is 9.47 Å². The molecule has 2 nitrogen and oxygen atoms in total. The van der Waals surface area contributed by atoms with Crippen molar-refractivity contribution in [2.45, 2.75) is 50.5 Å². The second-order valence-corrected chi connectivity index (χ2v) is 5.84. The summed E-state index contributed by atoms with van der Waals surface area (Å²) in [4.78, 5) is 0. The molecule has 0 aromatic heterocycles. The Labute approximate surface area is 124 Å². The molecule has 1 aromatic carbocycles. The molecule has 0 N–H and O–H groups in total. The predicted octanol–water partition coefficient (Wildman–Crippen LogP) is 4.94. The van der Waals surface area contributed by atoms with Crippen molar-refractivity contribution in [1.29, 1.82) is 0 Å². The Bertz CT molecular complexity index is 398. The van der Waals surface area contributed by atoms with Gasteiger partial charge >= 0.3 is 0 Å². The van der Waals surface area contributed by atoms with Crippen molar-refractivity contribution in [1.82, 2.24) is 0 Å². The predicted molar refractivity (Wildman–Crippen MR) is 82.3 cm³/mol. The average Bonchev–Trinajstić information content (AvgIpc) is 2.48. The topological polar surface area (TPSA) is 18.5 Å². The minimum atomic E-state index is 0.368. The van der Waals surface area contributed by atoms with Crippen LogP contribution in [0.4, 0.5) is 0 Å². The molecular formula is C16H23BrO2. The van der Waals surface area contributed by atoms with Crippen LogP contribution < -0.4 is 9.47 Å². The van der Waals surface area contributed by atoms with Gasteiger partial charge in [-0.2, -0.15) is 0 Å². The number of rotatable bonds is 5. The number of hydrogen-bond donors (Lipinski definition) is 0. The van der Waals surface area contributed by atoms with E-state index in [-0.39, 0.29) is 0 Å². The Balaban J connectivity index is 2.02. The molecule has 1 fully saturated rings. The number of hydrogen-bond acceptors (Lipinski definition) is 2. The van der Waals surface area contributed by atoms with E-state index in [2.05, 4.69) is 28.9 Å². The minimum absolute atomic E-state index is 0.368. The standard InChI is InChI=1S/C16H23BrO2/c1-3-12-4-7-14(8-5-12)19-16-10-15(18-2)9-6-13(16)11-17/h6,9-10,12,14H,3-5,7-8,11H2,1-2H3. The lowest BCUT2D eigenvalue weighted by molar-refractivity contribution is 0.129. The monoisotopic (exact) mass is 326 g/mol. The number of ether oxygens (including phenoxy) is 2. The first-order valence-electron chi connectivity index (χ1n) is 7.16. The van der Waals surface area contributed by atoms with Crippen LogP contribution in [0.3, 0.4) is 0 Å². The van der Waals surface area contributed by atoms with Gasteiger partial charge in [0.25, 0.3) is 0 Å². The molecule has 1 aliphatic carbocycles. The third-order valence-corrected chi connectivity index (χ3v) is 4.69. The molecule has 1 saturated carbocycles. The van der Waals surface area contributed by atoms with Crippen LogP contribution in [0.2, 0.25) is 0 Å². The number of benzene rings is 1. The Kier molecular flexibility index (Phi) is 5.56. The van der Waals surface area contributed by atoms with Gasteiger partial charge in [0.1, 0.15) is 11.5 Å². The van der Waals surface area contributed by atoms with Crippen molar-refractivity contribution in [3.05, 3.63) is 23.8 Å². The summed E-state index contributed by atoms with van der Waals surface area (Å²) in [5.41, 5.74) is 1.19. The summed E-state index contributed by atoms with van der Waals surface area (Å²) in [7, 11) is 1.69. The number of methoxy groups -OCH3 is 1. The zero-order valence-electron chi connectivity index (χ0n) is 11.8. The van der Waals surface area contributed by atoms with Gasteiger partial charge in [0.15, 0.2) is 0 Å². The first kappa shape index (κ1) is 14.7. The van der Waals surface area contributed by atoms with E-state index in [1.165, 1.54) is 37.7 Å². The molecule has 0 unspecified atom stereocenters. The van der Waals surface area contributed by atoms with Gasteiger partial charge in [0.2, 0.25) is 0 Å². The highest BCUT2D eigenvalue weighted by molar-refractivity contribution is 9.08. The fourth-order valence-corrected chi connectivity index (χ4v) is 3.18. The summed E-state index contributed by atoms with van der Waals surface area (Å²) in [5, 5.41) is 0.816. The fraction of sp³-hybridized carbons (Fsp3) is 0.625. The summed E-state index contributed by atoms with van der Waals surface area (Å²) in [6, 6.07) is 6.06. The zero-order chi connectivity index (χ0) is 13.7. The molecule has 0 heterocycles. The average molecular weight is 327 g/mol. The van der Waals surface area contributed by atoms with E-state index in [1.54, 1.807) is 7.11 Å². The molecule has 0 spiro atoms. The van der Waals surface area contributed by atoms with Crippen LogP contribution in [0.25, 0.3) is 0 Å². The van der Waals surface area contributed by atoms with E-state index >= 15 is 0 Å². The quantitative estimate of drug-likeness (QED) is 0.713. The highest BCUT2D eigenvalue weighted by Crippen LogP contribution is 2.32. The van der Waals surface area contributed by atoms with E-state index in [4.69, 9.17) is 9.47 Å². The second-order valence-electron chi connectivity index (χ2n) is 5.28. The summed E-state index contributed by atoms with van der Waals surface area (Å²) in [5.74, 6) is 2.74. The van der Waals surface area contributed by atoms with Crippen LogP contribution in [0, 0.1) is 5.92 Å². The van der Waals surface area contributed by atoms with E-state index in [0.717, 1.165) is 22.7 Å². The Morgan fingerprint density at radius 2 is 1.95 bits per heavy atom. The lowest BCUT2D eigenvalue weighted by Gasteiger charge is -2.29. The largest absolute Gasteiger partial charge is 0.497 e. The molecule has 0 aliphatic heterocycles. The molecule has 3 heteroatoms. The first-order chi connectivity index (χ1) is 9.26. The summed E-state index contributed by atoms with van der Waals surface area (Å²) < 4.78 is 11.5. The SMILES string of the molecule is CCC1CCC(Oc2cc(OC)ccc2CBr)CC1. The van der Waals surface area contributed by atoms with Gasteiger partial charge in [0, 0.05) is 17.0 Å². The van der Waals surface area contributed by atoms with Gasteiger partial charge in [-0.05, 0) is 37.7 Å². The van der Waals surface area contributed by atoms with Crippen LogP contribution in [-0.2, 0) is 5.33 Å². The number of halogens is 1. The Morgan fingerprint density at radius 3 is 2.53 bits per heavy atom. The smallest absolute Gasteiger partial charge is 0.127 e. The van der Waals surface area contributed by atoms with Crippen molar-refractivity contribution >= 4 is 15.9 Å². The van der Waals surface area contributed by atoms with E-state index < -0.39 is 0 Å². The molecule has 19 heavy (non-hydrogen) atoms. The fourth-order valence-electron chi connectivity index (χ4n) is 2.72. The van der Waals surface area contributed by atoms with Crippen molar-refractivity contribution in [2.24, 2.45) is 5.92 Å². The normalized spacial score (nSPS) is 23.1. The van der Waals surface area contributed by atoms with Crippen LogP contribution >= 0.6 is 15.9 Å². The number of alkyl halides is 1. The van der Waals surface area contributed by atoms with Crippen LogP contribution in [-0.4, -0.2) is 13.2 Å². The van der Waals surface area contributed by atoms with Gasteiger partial charge in [-0.15, -0.1) is 0 Å². The first-order valence-corrected chi connectivity index (χ1v) is 8.28. The van der Waals surface area contributed by atoms with Crippen molar-refractivity contribution in [3.8, 4) is 11.5 Å². The molecule has 0 bridgehead atoms. The third-order valence-electron chi connectivity index (χ3n) is 4.08. The molecule has 106 valence electrons. The molecule has 1 aliphatic rings. The third kappa shape index (κ3) is 3.88. The highest BCUT2D eigenvalue weighted by Gasteiger charge is 2.22. The molecule has 0 radical (unpaired) electrons. The molecule has 0 atom stereocenters. The molecule has 0 saturated heterocycles. The van der Waals surface area contributed by atoms with Gasteiger partial charge in [-0.25, -0.2) is 0 Å². The van der Waals surface area contributed by atoms with Crippen LogP contribution in [0.1, 0.15) is 44.6 Å². The lowest BCUT2D eigenvalue weighted by atomic mass is 9.86. The maximum atomic E-state index is 6.20. The maximum Gasteiger partial charge on any atom is 0.127 e. The lowest BCUT2D eigenvalue weighted by Crippen LogP contribution is -2.24. The maximum absolute atomic E-state index is 6.20. The van der Waals surface area contributed by atoms with Gasteiger partial charge in [-0.3, -0.25) is 0 Å². The minimum Gasteiger partial charge on any atom is -0.497 e. The van der Waals surface area contributed by atoms with Crippen LogP contribution in [0.15, 0.2) is 18.2 Å². The zero-order valence-corrected chi connectivity index (χ0v) is 13.4. The molecule has 2 rings (SSSR count). The highest BCUT2D eigenvalue weighted by atomic mass is 79.9. The summed E-state index contributed by atoms with van der Waals surface area (Å²) in [6.45, 7) is 2.29. The van der Waals surface area contributed by atoms with E-state index in [9.17, 15) is 0 Å². The van der Waals surface area contributed by atoms with Crippen LogP contribution in [0.5, 0.6) is 11.5 Å². The van der Waals surface area contributed by atoms with Gasteiger partial charge in [-0.1, -0.05) is 35.3 Å².